The zero-order valence-electron chi connectivity index (χ0n) is 19.0. The van der Waals surface area contributed by atoms with Gasteiger partial charge < -0.3 is 19.3 Å². The van der Waals surface area contributed by atoms with Crippen molar-refractivity contribution in [1.82, 2.24) is 9.80 Å². The fourth-order valence-electron chi connectivity index (χ4n) is 5.00. The van der Waals surface area contributed by atoms with Crippen molar-refractivity contribution in [2.24, 2.45) is 11.8 Å². The highest BCUT2D eigenvalue weighted by atomic mass is 16.5. The molecule has 0 aromatic heterocycles. The Balaban J connectivity index is 1.44. The number of piperidine rings is 2. The Morgan fingerprint density at radius 1 is 0.828 bits per heavy atom. The number of rotatable bonds is 11. The lowest BCUT2D eigenvalue weighted by atomic mass is 9.86. The Bertz CT molecular complexity index is 519. The van der Waals surface area contributed by atoms with Gasteiger partial charge in [0.2, 0.25) is 0 Å². The molecule has 2 unspecified atom stereocenters. The van der Waals surface area contributed by atoms with Crippen molar-refractivity contribution in [3.63, 3.8) is 0 Å². The van der Waals surface area contributed by atoms with Gasteiger partial charge in [-0.15, -0.1) is 0 Å². The molecule has 4 nitrogen and oxygen atoms in total. The van der Waals surface area contributed by atoms with Gasteiger partial charge >= 0.3 is 0 Å². The highest BCUT2D eigenvalue weighted by molar-refractivity contribution is 5.25. The topological polar surface area (TPSA) is 24.9 Å². The number of hydrogen-bond acceptors (Lipinski definition) is 4. The molecule has 0 saturated carbocycles. The first kappa shape index (κ1) is 22.7. The van der Waals surface area contributed by atoms with E-state index in [-0.39, 0.29) is 0 Å². The Hall–Kier alpha value is -1.00. The summed E-state index contributed by atoms with van der Waals surface area (Å²) >= 11 is 0. The molecule has 0 spiro atoms. The Morgan fingerprint density at radius 2 is 1.38 bits per heavy atom. The third kappa shape index (κ3) is 7.32. The number of ether oxygens (including phenoxy) is 2. The van der Waals surface area contributed by atoms with Crippen LogP contribution in [0.2, 0.25) is 0 Å². The minimum absolute atomic E-state index is 0.414. The fraction of sp³-hybridized carbons (Fsp3) is 0.840. The smallest absolute Gasteiger partial charge is 0.156 e. The van der Waals surface area contributed by atoms with Crippen molar-refractivity contribution in [1.29, 1.82) is 0 Å². The summed E-state index contributed by atoms with van der Waals surface area (Å²) in [7, 11) is 0. The van der Waals surface area contributed by atoms with Crippen LogP contribution in [0.5, 0.6) is 0 Å². The molecule has 1 aliphatic carbocycles. The summed E-state index contributed by atoms with van der Waals surface area (Å²) in [5.41, 5.74) is 0. The third-order valence-corrected chi connectivity index (χ3v) is 6.91. The highest BCUT2D eigenvalue weighted by Crippen LogP contribution is 2.33. The first-order chi connectivity index (χ1) is 14.3. The molecule has 2 fully saturated rings. The summed E-state index contributed by atoms with van der Waals surface area (Å²) in [6, 6.07) is 0. The molecule has 0 radical (unpaired) electrons. The van der Waals surface area contributed by atoms with Gasteiger partial charge in [-0.2, -0.15) is 0 Å². The van der Waals surface area contributed by atoms with Gasteiger partial charge in [-0.3, -0.25) is 0 Å². The summed E-state index contributed by atoms with van der Waals surface area (Å²) < 4.78 is 12.6. The summed E-state index contributed by atoms with van der Waals surface area (Å²) in [5.74, 6) is 3.06. The lowest BCUT2D eigenvalue weighted by Crippen LogP contribution is -2.31. The van der Waals surface area contributed by atoms with Gasteiger partial charge in [0.25, 0.3) is 0 Å². The van der Waals surface area contributed by atoms with Crippen LogP contribution < -0.4 is 0 Å². The molecule has 2 heterocycles. The summed E-state index contributed by atoms with van der Waals surface area (Å²) in [6.07, 6.45) is 16.1. The molecule has 3 aliphatic rings. The predicted molar refractivity (Wildman–Crippen MR) is 121 cm³/mol. The largest absolute Gasteiger partial charge is 0.494 e. The SMILES string of the molecule is CCC1C=CC(OCCCN2CCCCC2)=C(OCCCN2CCCCC2)C1C. The van der Waals surface area contributed by atoms with E-state index in [9.17, 15) is 0 Å². The molecule has 0 aromatic rings. The molecule has 29 heavy (non-hydrogen) atoms. The summed E-state index contributed by atoms with van der Waals surface area (Å²) in [4.78, 5) is 5.18. The summed E-state index contributed by atoms with van der Waals surface area (Å²) in [5, 5.41) is 0. The van der Waals surface area contributed by atoms with Crippen LogP contribution in [0.1, 0.15) is 71.6 Å². The Kier molecular flexibility index (Phi) is 9.89. The first-order valence-corrected chi connectivity index (χ1v) is 12.4. The predicted octanol–water partition coefficient (Wildman–Crippen LogP) is 5.22. The Labute approximate surface area is 179 Å². The van der Waals surface area contributed by atoms with Crippen molar-refractivity contribution in [3.05, 3.63) is 23.7 Å². The van der Waals surface area contributed by atoms with Crippen LogP contribution in [0.4, 0.5) is 0 Å². The van der Waals surface area contributed by atoms with Gasteiger partial charge in [0.15, 0.2) is 5.76 Å². The summed E-state index contributed by atoms with van der Waals surface area (Å²) in [6.45, 7) is 13.6. The average molecular weight is 405 g/mol. The van der Waals surface area contributed by atoms with Crippen molar-refractivity contribution in [3.8, 4) is 0 Å². The molecule has 0 bridgehead atoms. The van der Waals surface area contributed by atoms with Crippen LogP contribution in [0, 0.1) is 11.8 Å². The molecule has 2 aliphatic heterocycles. The van der Waals surface area contributed by atoms with E-state index in [1.54, 1.807) is 0 Å². The maximum Gasteiger partial charge on any atom is 0.156 e. The standard InChI is InChI=1S/C25H44N2O2/c1-3-23-12-13-24(28-20-10-18-26-14-6-4-7-15-26)25(22(23)2)29-21-11-19-27-16-8-5-9-17-27/h12-13,22-23H,3-11,14-21H2,1-2H3. The molecule has 3 rings (SSSR count). The zero-order chi connectivity index (χ0) is 20.3. The molecule has 2 saturated heterocycles. The van der Waals surface area contributed by atoms with Crippen LogP contribution in [0.15, 0.2) is 23.7 Å². The van der Waals surface area contributed by atoms with Gasteiger partial charge in [-0.05, 0) is 83.1 Å². The molecule has 2 atom stereocenters. The maximum atomic E-state index is 6.34. The van der Waals surface area contributed by atoms with Gasteiger partial charge in [0.05, 0.1) is 13.2 Å². The number of allylic oxidation sites excluding steroid dienone is 3. The first-order valence-electron chi connectivity index (χ1n) is 12.4. The fourth-order valence-corrected chi connectivity index (χ4v) is 5.00. The average Bonchev–Trinajstić information content (AvgIpc) is 2.77. The normalized spacial score (nSPS) is 26.7. The van der Waals surface area contributed by atoms with E-state index in [4.69, 9.17) is 9.47 Å². The molecule has 166 valence electrons. The Morgan fingerprint density at radius 3 is 1.93 bits per heavy atom. The van der Waals surface area contributed by atoms with Gasteiger partial charge in [0, 0.05) is 19.0 Å². The number of hydrogen-bond donors (Lipinski definition) is 0. The van der Waals surface area contributed by atoms with E-state index in [0.29, 0.717) is 11.8 Å². The van der Waals surface area contributed by atoms with E-state index in [1.807, 2.05) is 0 Å². The van der Waals surface area contributed by atoms with Crippen molar-refractivity contribution in [2.75, 3.05) is 52.5 Å². The van der Waals surface area contributed by atoms with Crippen LogP contribution in [0.3, 0.4) is 0 Å². The second kappa shape index (κ2) is 12.6. The van der Waals surface area contributed by atoms with E-state index >= 15 is 0 Å². The maximum absolute atomic E-state index is 6.34. The van der Waals surface area contributed by atoms with Crippen LogP contribution in [-0.2, 0) is 9.47 Å². The third-order valence-electron chi connectivity index (χ3n) is 6.91. The van der Waals surface area contributed by atoms with E-state index < -0.39 is 0 Å². The zero-order valence-corrected chi connectivity index (χ0v) is 19.0. The molecule has 0 aromatic carbocycles. The van der Waals surface area contributed by atoms with Crippen LogP contribution in [-0.4, -0.2) is 62.3 Å². The number of nitrogens with zero attached hydrogens (tertiary/aromatic N) is 2. The minimum Gasteiger partial charge on any atom is -0.494 e. The van der Waals surface area contributed by atoms with Gasteiger partial charge in [0.1, 0.15) is 5.76 Å². The van der Waals surface area contributed by atoms with Crippen LogP contribution >= 0.6 is 0 Å². The van der Waals surface area contributed by atoms with Crippen molar-refractivity contribution in [2.45, 2.75) is 71.6 Å². The molecular formula is C25H44N2O2. The molecule has 4 heteroatoms. The van der Waals surface area contributed by atoms with Crippen molar-refractivity contribution < 1.29 is 9.47 Å². The van der Waals surface area contributed by atoms with E-state index in [1.165, 1.54) is 71.2 Å². The quantitative estimate of drug-likeness (QED) is 0.441. The highest BCUT2D eigenvalue weighted by Gasteiger charge is 2.26. The number of likely N-dealkylation sites (tertiary alicyclic amines) is 2. The van der Waals surface area contributed by atoms with Gasteiger partial charge in [-0.25, -0.2) is 0 Å². The van der Waals surface area contributed by atoms with Gasteiger partial charge in [-0.1, -0.05) is 32.8 Å². The molecular weight excluding hydrogens is 360 g/mol. The molecule has 0 N–H and O–H groups in total. The van der Waals surface area contributed by atoms with Crippen LogP contribution in [0.25, 0.3) is 0 Å². The van der Waals surface area contributed by atoms with E-state index in [2.05, 4.69) is 35.8 Å². The second-order valence-electron chi connectivity index (χ2n) is 9.16. The second-order valence-corrected chi connectivity index (χ2v) is 9.16. The monoisotopic (exact) mass is 404 g/mol. The van der Waals surface area contributed by atoms with E-state index in [0.717, 1.165) is 50.5 Å². The minimum atomic E-state index is 0.414. The molecule has 0 amide bonds. The van der Waals surface area contributed by atoms with Crippen molar-refractivity contribution >= 4 is 0 Å². The lowest BCUT2D eigenvalue weighted by Gasteiger charge is -2.30. The lowest BCUT2D eigenvalue weighted by molar-refractivity contribution is 0.109.